The molecule has 0 aliphatic carbocycles. The molecule has 0 fully saturated rings. The quantitative estimate of drug-likeness (QED) is 0.933. The highest BCUT2D eigenvalue weighted by Crippen LogP contribution is 2.18. The zero-order valence-electron chi connectivity index (χ0n) is 9.87. The molecule has 0 atom stereocenters. The van der Waals surface area contributed by atoms with Crippen molar-refractivity contribution in [3.05, 3.63) is 41.8 Å². The third-order valence-corrected chi connectivity index (χ3v) is 3.77. The Bertz CT molecular complexity index is 674. The number of aromatic nitrogens is 2. The number of sulfonamides is 1. The van der Waals surface area contributed by atoms with Crippen LogP contribution in [0.5, 0.6) is 5.75 Å². The third-order valence-electron chi connectivity index (χ3n) is 2.21. The van der Waals surface area contributed by atoms with Crippen LogP contribution in [0.25, 0.3) is 0 Å². The van der Waals surface area contributed by atoms with Crippen LogP contribution in [0.15, 0.2) is 41.6 Å². The minimum atomic E-state index is -3.72. The Balaban J connectivity index is 2.27. The predicted molar refractivity (Wildman–Crippen MR) is 70.8 cm³/mol. The van der Waals surface area contributed by atoms with Gasteiger partial charge >= 0.3 is 0 Å². The molecule has 1 aromatic heterocycles. The standard InChI is InChI=1S/C11H10ClN3O3S/c1-18-8-2-4-9(5-3-8)19(16,17)15-11-7-13-6-10(12)14-11/h2-7H,1H3,(H,14,15). The van der Waals surface area contributed by atoms with Crippen molar-refractivity contribution in [1.82, 2.24) is 9.97 Å². The highest BCUT2D eigenvalue weighted by atomic mass is 35.5. The smallest absolute Gasteiger partial charge is 0.263 e. The average molecular weight is 300 g/mol. The van der Waals surface area contributed by atoms with Crippen LogP contribution in [-0.2, 0) is 10.0 Å². The molecule has 0 spiro atoms. The van der Waals surface area contributed by atoms with E-state index in [1.165, 1.54) is 31.6 Å². The van der Waals surface area contributed by atoms with E-state index in [2.05, 4.69) is 14.7 Å². The summed E-state index contributed by atoms with van der Waals surface area (Å²) in [7, 11) is -2.22. The molecule has 19 heavy (non-hydrogen) atoms. The fourth-order valence-corrected chi connectivity index (χ4v) is 2.48. The normalized spacial score (nSPS) is 11.1. The van der Waals surface area contributed by atoms with Crippen molar-refractivity contribution in [2.24, 2.45) is 0 Å². The van der Waals surface area contributed by atoms with Crippen LogP contribution in [0.1, 0.15) is 0 Å². The van der Waals surface area contributed by atoms with E-state index in [1.54, 1.807) is 12.1 Å². The van der Waals surface area contributed by atoms with E-state index in [4.69, 9.17) is 16.3 Å². The molecular formula is C11H10ClN3O3S. The fraction of sp³-hybridized carbons (Fsp3) is 0.0909. The SMILES string of the molecule is COc1ccc(S(=O)(=O)Nc2cncc(Cl)n2)cc1. The predicted octanol–water partition coefficient (Wildman–Crippen LogP) is 1.94. The number of benzene rings is 1. The number of hydrogen-bond donors (Lipinski definition) is 1. The van der Waals surface area contributed by atoms with Crippen molar-refractivity contribution < 1.29 is 13.2 Å². The molecule has 0 radical (unpaired) electrons. The zero-order valence-corrected chi connectivity index (χ0v) is 11.4. The van der Waals surface area contributed by atoms with Gasteiger partial charge in [-0.05, 0) is 24.3 Å². The van der Waals surface area contributed by atoms with Gasteiger partial charge in [-0.15, -0.1) is 0 Å². The lowest BCUT2D eigenvalue weighted by atomic mass is 10.3. The van der Waals surface area contributed by atoms with Gasteiger partial charge in [-0.1, -0.05) is 11.6 Å². The van der Waals surface area contributed by atoms with Crippen molar-refractivity contribution >= 4 is 27.4 Å². The van der Waals surface area contributed by atoms with Crippen molar-refractivity contribution in [3.8, 4) is 5.75 Å². The average Bonchev–Trinajstić information content (AvgIpc) is 2.38. The molecule has 2 aromatic rings. The Labute approximate surface area is 115 Å². The molecule has 100 valence electrons. The first kappa shape index (κ1) is 13.6. The van der Waals surface area contributed by atoms with Crippen LogP contribution in [0.4, 0.5) is 5.82 Å². The Kier molecular flexibility index (Phi) is 3.87. The Hall–Kier alpha value is -1.86. The maximum atomic E-state index is 12.0. The molecule has 0 aliphatic rings. The summed E-state index contributed by atoms with van der Waals surface area (Å²) in [6, 6.07) is 5.97. The van der Waals surface area contributed by atoms with Crippen molar-refractivity contribution in [2.45, 2.75) is 4.90 Å². The molecule has 6 nitrogen and oxygen atoms in total. The maximum Gasteiger partial charge on any atom is 0.263 e. The van der Waals surface area contributed by atoms with Gasteiger partial charge in [-0.3, -0.25) is 9.71 Å². The lowest BCUT2D eigenvalue weighted by Crippen LogP contribution is -2.14. The highest BCUT2D eigenvalue weighted by Gasteiger charge is 2.15. The number of nitrogens with zero attached hydrogens (tertiary/aromatic N) is 2. The monoisotopic (exact) mass is 299 g/mol. The van der Waals surface area contributed by atoms with Crippen LogP contribution in [0, 0.1) is 0 Å². The minimum Gasteiger partial charge on any atom is -0.497 e. The number of rotatable bonds is 4. The van der Waals surface area contributed by atoms with E-state index in [0.717, 1.165) is 0 Å². The van der Waals surface area contributed by atoms with Gasteiger partial charge < -0.3 is 4.74 Å². The third kappa shape index (κ3) is 3.33. The number of nitrogens with one attached hydrogen (secondary N) is 1. The number of anilines is 1. The topological polar surface area (TPSA) is 81.2 Å². The molecule has 0 saturated carbocycles. The van der Waals surface area contributed by atoms with Crippen LogP contribution in [0.3, 0.4) is 0 Å². The summed E-state index contributed by atoms with van der Waals surface area (Å²) in [5.41, 5.74) is 0. The van der Waals surface area contributed by atoms with Gasteiger partial charge in [0.1, 0.15) is 10.9 Å². The van der Waals surface area contributed by atoms with Gasteiger partial charge in [0.15, 0.2) is 5.82 Å². The van der Waals surface area contributed by atoms with Crippen molar-refractivity contribution in [1.29, 1.82) is 0 Å². The summed E-state index contributed by atoms with van der Waals surface area (Å²) >= 11 is 5.63. The van der Waals surface area contributed by atoms with Crippen LogP contribution < -0.4 is 9.46 Å². The molecule has 1 aromatic carbocycles. The molecule has 0 amide bonds. The summed E-state index contributed by atoms with van der Waals surface area (Å²) < 4.78 is 31.3. The summed E-state index contributed by atoms with van der Waals surface area (Å²) in [6.07, 6.45) is 2.58. The van der Waals surface area contributed by atoms with Crippen molar-refractivity contribution in [2.75, 3.05) is 11.8 Å². The first-order chi connectivity index (χ1) is 9.01. The summed E-state index contributed by atoms with van der Waals surface area (Å²) in [4.78, 5) is 7.65. The first-order valence-corrected chi connectivity index (χ1v) is 7.02. The fourth-order valence-electron chi connectivity index (χ4n) is 1.34. The summed E-state index contributed by atoms with van der Waals surface area (Å²) in [5.74, 6) is 0.629. The lowest BCUT2D eigenvalue weighted by molar-refractivity contribution is 0.414. The number of halogens is 1. The van der Waals surface area contributed by atoms with E-state index < -0.39 is 10.0 Å². The minimum absolute atomic E-state index is 0.0586. The molecule has 1 N–H and O–H groups in total. The largest absolute Gasteiger partial charge is 0.497 e. The molecule has 8 heteroatoms. The van der Waals surface area contributed by atoms with Gasteiger partial charge in [0.2, 0.25) is 0 Å². The number of methoxy groups -OCH3 is 1. The molecule has 0 saturated heterocycles. The molecule has 2 rings (SSSR count). The number of hydrogen-bond acceptors (Lipinski definition) is 5. The van der Waals surface area contributed by atoms with E-state index in [1.807, 2.05) is 0 Å². The van der Waals surface area contributed by atoms with E-state index >= 15 is 0 Å². The molecule has 0 aliphatic heterocycles. The van der Waals surface area contributed by atoms with E-state index in [9.17, 15) is 8.42 Å². The maximum absolute atomic E-state index is 12.0. The lowest BCUT2D eigenvalue weighted by Gasteiger charge is -2.07. The van der Waals surface area contributed by atoms with Crippen LogP contribution >= 0.6 is 11.6 Å². The van der Waals surface area contributed by atoms with E-state index in [-0.39, 0.29) is 15.9 Å². The van der Waals surface area contributed by atoms with Crippen LogP contribution in [-0.4, -0.2) is 25.5 Å². The Morgan fingerprint density at radius 2 is 1.89 bits per heavy atom. The Morgan fingerprint density at radius 3 is 2.47 bits per heavy atom. The summed E-state index contributed by atoms with van der Waals surface area (Å²) in [6.45, 7) is 0. The Morgan fingerprint density at radius 1 is 1.21 bits per heavy atom. The van der Waals surface area contributed by atoms with Gasteiger partial charge in [0.05, 0.1) is 24.4 Å². The second-order valence-electron chi connectivity index (χ2n) is 3.51. The van der Waals surface area contributed by atoms with Gasteiger partial charge in [-0.25, -0.2) is 13.4 Å². The second-order valence-corrected chi connectivity index (χ2v) is 5.58. The molecular weight excluding hydrogens is 290 g/mol. The molecule has 0 bridgehead atoms. The van der Waals surface area contributed by atoms with Gasteiger partial charge in [0.25, 0.3) is 10.0 Å². The summed E-state index contributed by atoms with van der Waals surface area (Å²) in [5, 5.41) is 0.106. The second kappa shape index (κ2) is 5.41. The van der Waals surface area contributed by atoms with Crippen LogP contribution in [0.2, 0.25) is 5.15 Å². The van der Waals surface area contributed by atoms with E-state index in [0.29, 0.717) is 5.75 Å². The van der Waals surface area contributed by atoms with Gasteiger partial charge in [0, 0.05) is 0 Å². The number of ether oxygens (including phenoxy) is 1. The highest BCUT2D eigenvalue weighted by molar-refractivity contribution is 7.92. The van der Waals surface area contributed by atoms with Gasteiger partial charge in [-0.2, -0.15) is 0 Å². The molecule has 1 heterocycles. The van der Waals surface area contributed by atoms with Crippen molar-refractivity contribution in [3.63, 3.8) is 0 Å². The zero-order chi connectivity index (χ0) is 13.9. The molecule has 0 unspecified atom stereocenters. The first-order valence-electron chi connectivity index (χ1n) is 5.16.